The Hall–Kier alpha value is -2.75. The normalized spacial score (nSPS) is 10.7. The number of amides is 1. The van der Waals surface area contributed by atoms with Crippen molar-refractivity contribution in [3.63, 3.8) is 0 Å². The van der Waals surface area contributed by atoms with Crippen LogP contribution in [0.15, 0.2) is 48.5 Å². The Morgan fingerprint density at radius 1 is 1.14 bits per heavy atom. The third-order valence-electron chi connectivity index (χ3n) is 3.49. The average molecular weight is 279 g/mol. The van der Waals surface area contributed by atoms with Crippen molar-refractivity contribution in [2.75, 3.05) is 11.1 Å². The van der Waals surface area contributed by atoms with Gasteiger partial charge in [-0.15, -0.1) is 0 Å². The van der Waals surface area contributed by atoms with Crippen molar-refractivity contribution in [2.45, 2.75) is 13.3 Å². The van der Waals surface area contributed by atoms with Crippen molar-refractivity contribution in [1.29, 1.82) is 0 Å². The number of rotatable bonds is 3. The predicted molar refractivity (Wildman–Crippen MR) is 86.5 cm³/mol. The second-order valence-corrected chi connectivity index (χ2v) is 5.03. The summed E-state index contributed by atoms with van der Waals surface area (Å²) in [5, 5.41) is 4.00. The topological polar surface area (TPSA) is 70.9 Å². The molecule has 0 saturated carbocycles. The van der Waals surface area contributed by atoms with Gasteiger partial charge in [0.15, 0.2) is 0 Å². The molecule has 0 atom stereocenters. The van der Waals surface area contributed by atoms with E-state index in [9.17, 15) is 4.79 Å². The van der Waals surface area contributed by atoms with E-state index in [1.807, 2.05) is 18.2 Å². The number of benzene rings is 2. The zero-order valence-corrected chi connectivity index (χ0v) is 11.8. The molecule has 0 aliphatic carbocycles. The summed E-state index contributed by atoms with van der Waals surface area (Å²) in [6.45, 7) is 2.11. The van der Waals surface area contributed by atoms with Gasteiger partial charge in [-0.25, -0.2) is 0 Å². The molecule has 0 bridgehead atoms. The maximum atomic E-state index is 12.2. The number of nitrogen functional groups attached to an aromatic ring is 1. The second kappa shape index (κ2) is 5.32. The summed E-state index contributed by atoms with van der Waals surface area (Å²) in [5.41, 5.74) is 9.91. The fourth-order valence-electron chi connectivity index (χ4n) is 2.30. The van der Waals surface area contributed by atoms with Crippen LogP contribution in [0.2, 0.25) is 0 Å². The van der Waals surface area contributed by atoms with Crippen LogP contribution in [0, 0.1) is 0 Å². The lowest BCUT2D eigenvalue weighted by Crippen LogP contribution is -2.11. The number of anilines is 2. The standard InChI is InChI=1S/C17H17N3O/c1-2-14-9-12-10-15(7-8-16(12)19-14)20-17(21)11-3-5-13(18)6-4-11/h3-10,19H,2,18H2,1H3,(H,20,21). The molecule has 21 heavy (non-hydrogen) atoms. The van der Waals surface area contributed by atoms with E-state index in [0.717, 1.165) is 23.0 Å². The number of carbonyl (C=O) groups is 1. The molecule has 0 radical (unpaired) electrons. The van der Waals surface area contributed by atoms with Gasteiger partial charge in [0, 0.05) is 33.5 Å². The first-order valence-corrected chi connectivity index (χ1v) is 6.94. The van der Waals surface area contributed by atoms with Crippen LogP contribution in [-0.4, -0.2) is 10.9 Å². The monoisotopic (exact) mass is 279 g/mol. The summed E-state index contributed by atoms with van der Waals surface area (Å²) in [4.78, 5) is 15.5. The third-order valence-corrected chi connectivity index (χ3v) is 3.49. The largest absolute Gasteiger partial charge is 0.399 e. The quantitative estimate of drug-likeness (QED) is 0.641. The number of nitrogens with one attached hydrogen (secondary N) is 2. The van der Waals surface area contributed by atoms with Gasteiger partial charge in [-0.2, -0.15) is 0 Å². The molecular weight excluding hydrogens is 262 g/mol. The molecule has 1 amide bonds. The predicted octanol–water partition coefficient (Wildman–Crippen LogP) is 3.56. The van der Waals surface area contributed by atoms with E-state index < -0.39 is 0 Å². The smallest absolute Gasteiger partial charge is 0.255 e. The highest BCUT2D eigenvalue weighted by molar-refractivity contribution is 6.05. The fourth-order valence-corrected chi connectivity index (χ4v) is 2.30. The lowest BCUT2D eigenvalue weighted by Gasteiger charge is -2.05. The molecule has 4 heteroatoms. The Morgan fingerprint density at radius 3 is 2.62 bits per heavy atom. The molecule has 0 fully saturated rings. The minimum absolute atomic E-state index is 0.138. The minimum Gasteiger partial charge on any atom is -0.399 e. The van der Waals surface area contributed by atoms with Crippen LogP contribution >= 0.6 is 0 Å². The molecule has 0 aliphatic heterocycles. The highest BCUT2D eigenvalue weighted by Crippen LogP contribution is 2.21. The number of carbonyl (C=O) groups excluding carboxylic acids is 1. The van der Waals surface area contributed by atoms with Crippen molar-refractivity contribution in [3.05, 3.63) is 59.8 Å². The van der Waals surface area contributed by atoms with Crippen molar-refractivity contribution in [2.24, 2.45) is 0 Å². The van der Waals surface area contributed by atoms with Crippen LogP contribution in [0.4, 0.5) is 11.4 Å². The lowest BCUT2D eigenvalue weighted by atomic mass is 10.2. The fraction of sp³-hybridized carbons (Fsp3) is 0.118. The van der Waals surface area contributed by atoms with Crippen LogP contribution in [0.3, 0.4) is 0 Å². The van der Waals surface area contributed by atoms with Gasteiger partial charge in [0.25, 0.3) is 5.91 Å². The zero-order chi connectivity index (χ0) is 14.8. The molecular formula is C17H17N3O. The molecule has 4 N–H and O–H groups in total. The molecule has 1 aromatic heterocycles. The van der Waals surface area contributed by atoms with Crippen LogP contribution in [0.5, 0.6) is 0 Å². The number of aryl methyl sites for hydroxylation is 1. The molecule has 0 unspecified atom stereocenters. The maximum absolute atomic E-state index is 12.2. The molecule has 1 heterocycles. The molecule has 0 saturated heterocycles. The highest BCUT2D eigenvalue weighted by Gasteiger charge is 2.07. The van der Waals surface area contributed by atoms with Gasteiger partial charge in [-0.3, -0.25) is 4.79 Å². The number of nitrogens with two attached hydrogens (primary N) is 1. The number of H-pyrrole nitrogens is 1. The molecule has 3 aromatic rings. The molecule has 106 valence electrons. The highest BCUT2D eigenvalue weighted by atomic mass is 16.1. The Kier molecular flexibility index (Phi) is 3.36. The van der Waals surface area contributed by atoms with E-state index in [1.54, 1.807) is 24.3 Å². The van der Waals surface area contributed by atoms with Gasteiger partial charge >= 0.3 is 0 Å². The maximum Gasteiger partial charge on any atom is 0.255 e. The van der Waals surface area contributed by atoms with Crippen molar-refractivity contribution < 1.29 is 4.79 Å². The molecule has 3 rings (SSSR count). The number of fused-ring (bicyclic) bond motifs is 1. The van der Waals surface area contributed by atoms with Crippen LogP contribution in [0.25, 0.3) is 10.9 Å². The zero-order valence-electron chi connectivity index (χ0n) is 11.8. The van der Waals surface area contributed by atoms with E-state index >= 15 is 0 Å². The Morgan fingerprint density at radius 2 is 1.90 bits per heavy atom. The van der Waals surface area contributed by atoms with E-state index in [-0.39, 0.29) is 5.91 Å². The summed E-state index contributed by atoms with van der Waals surface area (Å²) >= 11 is 0. The summed E-state index contributed by atoms with van der Waals surface area (Å²) in [6, 6.07) is 14.8. The first kappa shape index (κ1) is 13.2. The van der Waals surface area contributed by atoms with E-state index in [1.165, 1.54) is 5.69 Å². The van der Waals surface area contributed by atoms with Crippen molar-refractivity contribution >= 4 is 28.2 Å². The average Bonchev–Trinajstić information content (AvgIpc) is 2.90. The van der Waals surface area contributed by atoms with Crippen LogP contribution in [0.1, 0.15) is 23.0 Å². The Labute approximate surface area is 123 Å². The number of aromatic amines is 1. The number of hydrogen-bond acceptors (Lipinski definition) is 2. The summed E-state index contributed by atoms with van der Waals surface area (Å²) in [5.74, 6) is -0.138. The third kappa shape index (κ3) is 2.74. The van der Waals surface area contributed by atoms with Crippen LogP contribution < -0.4 is 11.1 Å². The van der Waals surface area contributed by atoms with E-state index in [0.29, 0.717) is 11.3 Å². The molecule has 4 nitrogen and oxygen atoms in total. The first-order valence-electron chi connectivity index (χ1n) is 6.94. The number of aromatic nitrogens is 1. The summed E-state index contributed by atoms with van der Waals surface area (Å²) in [6.07, 6.45) is 0.960. The molecule has 0 aliphatic rings. The Balaban J connectivity index is 1.83. The molecule has 2 aromatic carbocycles. The van der Waals surface area contributed by atoms with E-state index in [2.05, 4.69) is 23.3 Å². The van der Waals surface area contributed by atoms with Crippen molar-refractivity contribution in [1.82, 2.24) is 4.98 Å². The second-order valence-electron chi connectivity index (χ2n) is 5.03. The summed E-state index contributed by atoms with van der Waals surface area (Å²) < 4.78 is 0. The Bertz CT molecular complexity index is 787. The van der Waals surface area contributed by atoms with Gasteiger partial charge in [0.05, 0.1) is 0 Å². The van der Waals surface area contributed by atoms with Gasteiger partial charge < -0.3 is 16.0 Å². The minimum atomic E-state index is -0.138. The van der Waals surface area contributed by atoms with Gasteiger partial charge in [0.1, 0.15) is 0 Å². The van der Waals surface area contributed by atoms with Crippen LogP contribution in [-0.2, 0) is 6.42 Å². The molecule has 0 spiro atoms. The lowest BCUT2D eigenvalue weighted by molar-refractivity contribution is 0.102. The van der Waals surface area contributed by atoms with Gasteiger partial charge in [-0.05, 0) is 55.0 Å². The SMILES string of the molecule is CCc1cc2cc(NC(=O)c3ccc(N)cc3)ccc2[nH]1. The summed E-state index contributed by atoms with van der Waals surface area (Å²) in [7, 11) is 0. The number of hydrogen-bond donors (Lipinski definition) is 3. The van der Waals surface area contributed by atoms with E-state index in [4.69, 9.17) is 5.73 Å². The first-order chi connectivity index (χ1) is 10.2. The van der Waals surface area contributed by atoms with Gasteiger partial charge in [0.2, 0.25) is 0 Å². The van der Waals surface area contributed by atoms with Crippen molar-refractivity contribution in [3.8, 4) is 0 Å². The van der Waals surface area contributed by atoms with Gasteiger partial charge in [-0.1, -0.05) is 6.92 Å².